The van der Waals surface area contributed by atoms with Crippen LogP contribution in [0.2, 0.25) is 0 Å². The number of ether oxygens (including phenoxy) is 2. The van der Waals surface area contributed by atoms with Gasteiger partial charge in [-0.2, -0.15) is 0 Å². The minimum Gasteiger partial charge on any atom is -0.497 e. The van der Waals surface area contributed by atoms with E-state index < -0.39 is 0 Å². The summed E-state index contributed by atoms with van der Waals surface area (Å²) in [7, 11) is 3.38. The van der Waals surface area contributed by atoms with Gasteiger partial charge in [-0.05, 0) is 121 Å². The normalized spacial score (nSPS) is 10.4. The van der Waals surface area contributed by atoms with E-state index in [0.29, 0.717) is 0 Å². The lowest BCUT2D eigenvalue weighted by Crippen LogP contribution is -1.88. The first-order valence-corrected chi connectivity index (χ1v) is 16.6. The van der Waals surface area contributed by atoms with Crippen molar-refractivity contribution in [2.75, 3.05) is 14.2 Å². The third-order valence-corrected chi connectivity index (χ3v) is 9.11. The van der Waals surface area contributed by atoms with Crippen molar-refractivity contribution in [3.8, 4) is 56.1 Å². The summed E-state index contributed by atoms with van der Waals surface area (Å²) in [4.78, 5) is 2.18. The Balaban J connectivity index is 1.65. The van der Waals surface area contributed by atoms with Crippen molar-refractivity contribution < 1.29 is 9.47 Å². The van der Waals surface area contributed by atoms with Gasteiger partial charge >= 0.3 is 0 Å². The molecule has 0 spiro atoms. The van der Waals surface area contributed by atoms with Gasteiger partial charge < -0.3 is 9.47 Å². The van der Waals surface area contributed by atoms with Crippen LogP contribution in [0.3, 0.4) is 0 Å². The number of unbranched alkanes of at least 4 members (excludes halogenated alkanes) is 2. The molecule has 0 atom stereocenters. The number of rotatable bonds is 10. The molecule has 226 valence electrons. The summed E-state index contributed by atoms with van der Waals surface area (Å²) in [6, 6.07) is 33.7. The third-order valence-electron chi connectivity index (χ3n) is 7.82. The number of hydrogen-bond donors (Lipinski definition) is 0. The molecule has 0 saturated carbocycles. The van der Waals surface area contributed by atoms with E-state index in [9.17, 15) is 0 Å². The van der Waals surface area contributed by atoms with E-state index in [1.165, 1.54) is 36.8 Å². The Labute approximate surface area is 273 Å². The maximum atomic E-state index is 5.45. The summed E-state index contributed by atoms with van der Waals surface area (Å²) in [5.41, 5.74) is 8.75. The molecule has 2 nitrogen and oxygen atoms in total. The zero-order valence-electron chi connectivity index (χ0n) is 26.7. The average molecular weight is 609 g/mol. The molecule has 3 heteroatoms. The summed E-state index contributed by atoms with van der Waals surface area (Å²) >= 11 is 1.73. The van der Waals surface area contributed by atoms with Gasteiger partial charge in [-0.15, -0.1) is 11.3 Å². The lowest BCUT2D eigenvalue weighted by atomic mass is 10.0. The molecule has 0 unspecified atom stereocenters. The fourth-order valence-electron chi connectivity index (χ4n) is 5.10. The topological polar surface area (TPSA) is 18.5 Å². The molecule has 4 aromatic carbocycles. The highest BCUT2D eigenvalue weighted by atomic mass is 32.1. The number of methoxy groups -OCH3 is 2. The van der Waals surface area contributed by atoms with Crippen molar-refractivity contribution in [2.45, 2.75) is 52.4 Å². The first-order chi connectivity index (χ1) is 22.1. The van der Waals surface area contributed by atoms with E-state index in [4.69, 9.17) is 9.47 Å². The zero-order chi connectivity index (χ0) is 31.4. The molecule has 5 rings (SSSR count). The van der Waals surface area contributed by atoms with Gasteiger partial charge in [0.1, 0.15) is 11.5 Å². The quantitative estimate of drug-likeness (QED) is 0.147. The second-order valence-corrected chi connectivity index (χ2v) is 12.1. The largest absolute Gasteiger partial charge is 0.497 e. The van der Waals surface area contributed by atoms with Crippen molar-refractivity contribution >= 4 is 11.3 Å². The number of aryl methyl sites for hydroxylation is 2. The Hall–Kier alpha value is -4.70. The molecule has 0 aliphatic rings. The minimum atomic E-state index is 0.823. The maximum absolute atomic E-state index is 5.45. The van der Waals surface area contributed by atoms with Gasteiger partial charge in [0.05, 0.1) is 35.1 Å². The zero-order valence-corrected chi connectivity index (χ0v) is 27.5. The van der Waals surface area contributed by atoms with Crippen LogP contribution in [-0.2, 0) is 12.8 Å². The van der Waals surface area contributed by atoms with Gasteiger partial charge in [-0.3, -0.25) is 0 Å². The summed E-state index contributed by atoms with van der Waals surface area (Å²) < 4.78 is 10.9. The van der Waals surface area contributed by atoms with E-state index in [-0.39, 0.29) is 0 Å². The Bertz CT molecular complexity index is 1670. The third kappa shape index (κ3) is 8.27. The summed E-state index contributed by atoms with van der Waals surface area (Å²) in [5, 5.41) is 0. The predicted octanol–water partition coefficient (Wildman–Crippen LogP) is 10.6. The van der Waals surface area contributed by atoms with Gasteiger partial charge in [0.25, 0.3) is 0 Å². The van der Waals surface area contributed by atoms with E-state index in [2.05, 4.69) is 110 Å². The fraction of sp³-hybridized carbons (Fsp3) is 0.238. The van der Waals surface area contributed by atoms with Crippen LogP contribution in [0.15, 0.2) is 97.1 Å². The molecular weight excluding hydrogens is 569 g/mol. The Morgan fingerprint density at radius 2 is 0.867 bits per heavy atom. The minimum absolute atomic E-state index is 0.823. The number of benzene rings is 4. The number of hydrogen-bond acceptors (Lipinski definition) is 3. The van der Waals surface area contributed by atoms with Crippen molar-refractivity contribution in [1.29, 1.82) is 0 Å². The summed E-state index contributed by atoms with van der Waals surface area (Å²) in [6.07, 6.45) is 6.97. The molecule has 0 fully saturated rings. The molecule has 0 aliphatic heterocycles. The molecule has 0 aliphatic carbocycles. The molecule has 0 saturated heterocycles. The van der Waals surface area contributed by atoms with Crippen molar-refractivity contribution in [2.24, 2.45) is 0 Å². The highest BCUT2D eigenvalue weighted by molar-refractivity contribution is 7.19. The van der Waals surface area contributed by atoms with Crippen LogP contribution in [0, 0.1) is 23.7 Å². The van der Waals surface area contributed by atoms with E-state index in [1.54, 1.807) is 25.6 Å². The van der Waals surface area contributed by atoms with E-state index in [1.807, 2.05) is 24.3 Å². The molecule has 1 aromatic heterocycles. The molecule has 0 radical (unpaired) electrons. The molecule has 45 heavy (non-hydrogen) atoms. The number of thiophene rings is 1. The Kier molecular flexibility index (Phi) is 11.2. The fourth-order valence-corrected chi connectivity index (χ4v) is 6.32. The first kappa shape index (κ1) is 31.7. The second-order valence-electron chi connectivity index (χ2n) is 11.1. The standard InChI is InChI=1S/C42H40O2S/c1-5-7-9-31-11-15-33(16-12-31)19-29-39-40(30-20-34-17-13-32(14-18-34)10-8-6-2)42(36-23-27-38(44-4)28-24-36)45-41(39)35-21-25-37(43-3)26-22-35/h11-18,21-28H,5-10H2,1-4H3. The van der Waals surface area contributed by atoms with E-state index in [0.717, 1.165) is 67.5 Å². The summed E-state index contributed by atoms with van der Waals surface area (Å²) in [5.74, 6) is 15.7. The summed E-state index contributed by atoms with van der Waals surface area (Å²) in [6.45, 7) is 4.45. The molecule has 5 aromatic rings. The van der Waals surface area contributed by atoms with Crippen LogP contribution >= 0.6 is 11.3 Å². The Morgan fingerprint density at radius 3 is 1.20 bits per heavy atom. The molecular formula is C42H40O2S. The first-order valence-electron chi connectivity index (χ1n) is 15.8. The van der Waals surface area contributed by atoms with Crippen molar-refractivity contribution in [1.82, 2.24) is 0 Å². The Morgan fingerprint density at radius 1 is 0.489 bits per heavy atom. The molecule has 0 N–H and O–H groups in total. The smallest absolute Gasteiger partial charge is 0.118 e. The van der Waals surface area contributed by atoms with Crippen LogP contribution in [0.25, 0.3) is 20.9 Å². The van der Waals surface area contributed by atoms with Gasteiger partial charge in [0, 0.05) is 11.1 Å². The maximum Gasteiger partial charge on any atom is 0.118 e. The molecule has 0 bridgehead atoms. The lowest BCUT2D eigenvalue weighted by Gasteiger charge is -2.03. The monoisotopic (exact) mass is 608 g/mol. The van der Waals surface area contributed by atoms with E-state index >= 15 is 0 Å². The van der Waals surface area contributed by atoms with Gasteiger partial charge in [-0.1, -0.05) is 74.6 Å². The van der Waals surface area contributed by atoms with Crippen LogP contribution < -0.4 is 9.47 Å². The van der Waals surface area contributed by atoms with Crippen molar-refractivity contribution in [3.63, 3.8) is 0 Å². The van der Waals surface area contributed by atoms with Gasteiger partial charge in [0.15, 0.2) is 0 Å². The highest BCUT2D eigenvalue weighted by Gasteiger charge is 2.19. The van der Waals surface area contributed by atoms with Gasteiger partial charge in [-0.25, -0.2) is 0 Å². The average Bonchev–Trinajstić information content (AvgIpc) is 3.47. The van der Waals surface area contributed by atoms with Gasteiger partial charge in [0.2, 0.25) is 0 Å². The van der Waals surface area contributed by atoms with Crippen LogP contribution in [-0.4, -0.2) is 14.2 Å². The lowest BCUT2D eigenvalue weighted by molar-refractivity contribution is 0.415. The molecule has 1 heterocycles. The van der Waals surface area contributed by atoms with Crippen LogP contribution in [0.1, 0.15) is 72.9 Å². The SMILES string of the molecule is CCCCc1ccc(C#Cc2c(-c3ccc(OC)cc3)sc(-c3ccc(OC)cc3)c2C#Cc2ccc(CCCC)cc2)cc1. The van der Waals surface area contributed by atoms with Crippen molar-refractivity contribution in [3.05, 3.63) is 130 Å². The van der Waals surface area contributed by atoms with Crippen LogP contribution in [0.5, 0.6) is 11.5 Å². The highest BCUT2D eigenvalue weighted by Crippen LogP contribution is 2.42. The second kappa shape index (κ2) is 15.9. The van der Waals surface area contributed by atoms with Crippen LogP contribution in [0.4, 0.5) is 0 Å². The molecule has 0 amide bonds. The predicted molar refractivity (Wildman–Crippen MR) is 190 cm³/mol.